The van der Waals surface area contributed by atoms with Crippen molar-refractivity contribution in [3.63, 3.8) is 0 Å². The van der Waals surface area contributed by atoms with Crippen LogP contribution in [0.2, 0.25) is 0 Å². The van der Waals surface area contributed by atoms with Crippen molar-refractivity contribution in [2.45, 2.75) is 6.92 Å². The van der Waals surface area contributed by atoms with Crippen LogP contribution < -0.4 is 10.2 Å². The van der Waals surface area contributed by atoms with Gasteiger partial charge in [0.2, 0.25) is 0 Å². The monoisotopic (exact) mass is 382 g/mol. The van der Waals surface area contributed by atoms with E-state index in [9.17, 15) is 9.59 Å². The molecule has 1 fully saturated rings. The zero-order valence-electron chi connectivity index (χ0n) is 15.6. The molecular formula is C20H22N4O4. The summed E-state index contributed by atoms with van der Waals surface area (Å²) in [6.07, 6.45) is 3.10. The van der Waals surface area contributed by atoms with Crippen LogP contribution in [0.3, 0.4) is 0 Å². The highest BCUT2D eigenvalue weighted by molar-refractivity contribution is 6.00. The average molecular weight is 382 g/mol. The average Bonchev–Trinajstić information content (AvgIpc) is 2.77. The standard InChI is InChI=1S/C20H22N4O4/c1-15(22-23-20(26)17-6-8-21-9-7-17)16-2-4-18(5-3-16)28-14-19(25)24-10-12-27-13-11-24/h2-9H,10-14H2,1H3,(H,23,26)/b22-15-. The lowest BCUT2D eigenvalue weighted by molar-refractivity contribution is -0.137. The fourth-order valence-electron chi connectivity index (χ4n) is 2.61. The Morgan fingerprint density at radius 1 is 1.11 bits per heavy atom. The number of nitrogens with one attached hydrogen (secondary N) is 1. The number of rotatable bonds is 6. The van der Waals surface area contributed by atoms with Crippen LogP contribution in [0.1, 0.15) is 22.8 Å². The first-order valence-electron chi connectivity index (χ1n) is 8.97. The zero-order chi connectivity index (χ0) is 19.8. The number of hydrogen-bond donors (Lipinski definition) is 1. The van der Waals surface area contributed by atoms with Crippen LogP contribution in [-0.2, 0) is 9.53 Å². The van der Waals surface area contributed by atoms with Crippen LogP contribution in [0.4, 0.5) is 0 Å². The van der Waals surface area contributed by atoms with Gasteiger partial charge in [0.05, 0.1) is 18.9 Å². The van der Waals surface area contributed by atoms with E-state index in [2.05, 4.69) is 15.5 Å². The number of amides is 2. The predicted molar refractivity (Wildman–Crippen MR) is 103 cm³/mol. The van der Waals surface area contributed by atoms with Gasteiger partial charge in [-0.25, -0.2) is 5.43 Å². The molecule has 1 aliphatic rings. The Morgan fingerprint density at radius 2 is 1.79 bits per heavy atom. The first-order chi connectivity index (χ1) is 13.6. The van der Waals surface area contributed by atoms with Gasteiger partial charge in [-0.3, -0.25) is 14.6 Å². The molecule has 0 unspecified atom stereocenters. The van der Waals surface area contributed by atoms with Gasteiger partial charge in [0.1, 0.15) is 5.75 Å². The number of benzene rings is 1. The molecule has 1 N–H and O–H groups in total. The highest BCUT2D eigenvalue weighted by Gasteiger charge is 2.17. The summed E-state index contributed by atoms with van der Waals surface area (Å²) >= 11 is 0. The van der Waals surface area contributed by atoms with E-state index in [0.717, 1.165) is 5.56 Å². The molecule has 0 bridgehead atoms. The van der Waals surface area contributed by atoms with Gasteiger partial charge < -0.3 is 14.4 Å². The maximum Gasteiger partial charge on any atom is 0.271 e. The van der Waals surface area contributed by atoms with Crippen molar-refractivity contribution < 1.29 is 19.1 Å². The van der Waals surface area contributed by atoms with Gasteiger partial charge in [0, 0.05) is 31.0 Å². The van der Waals surface area contributed by atoms with Crippen molar-refractivity contribution in [1.82, 2.24) is 15.3 Å². The minimum atomic E-state index is -0.302. The summed E-state index contributed by atoms with van der Waals surface area (Å²) in [5.41, 5.74) is 4.49. The van der Waals surface area contributed by atoms with E-state index in [1.54, 1.807) is 48.5 Å². The second-order valence-electron chi connectivity index (χ2n) is 6.18. The van der Waals surface area contributed by atoms with E-state index >= 15 is 0 Å². The fourth-order valence-corrected chi connectivity index (χ4v) is 2.61. The maximum absolute atomic E-state index is 12.1. The van der Waals surface area contributed by atoms with Crippen molar-refractivity contribution in [2.24, 2.45) is 5.10 Å². The molecule has 146 valence electrons. The Kier molecular flexibility index (Phi) is 6.69. The zero-order valence-corrected chi connectivity index (χ0v) is 15.6. The second kappa shape index (κ2) is 9.61. The van der Waals surface area contributed by atoms with Crippen LogP contribution >= 0.6 is 0 Å². The lowest BCUT2D eigenvalue weighted by Gasteiger charge is -2.26. The summed E-state index contributed by atoms with van der Waals surface area (Å²) in [4.78, 5) is 29.7. The first-order valence-corrected chi connectivity index (χ1v) is 8.97. The van der Waals surface area contributed by atoms with Crippen LogP contribution in [0.25, 0.3) is 0 Å². The van der Waals surface area contributed by atoms with Gasteiger partial charge in [-0.1, -0.05) is 0 Å². The van der Waals surface area contributed by atoms with Gasteiger partial charge in [-0.2, -0.15) is 5.10 Å². The van der Waals surface area contributed by atoms with E-state index < -0.39 is 0 Å². The molecule has 0 spiro atoms. The van der Waals surface area contributed by atoms with Crippen LogP contribution in [0.15, 0.2) is 53.9 Å². The van der Waals surface area contributed by atoms with E-state index in [0.29, 0.717) is 43.3 Å². The Morgan fingerprint density at radius 3 is 2.46 bits per heavy atom. The van der Waals surface area contributed by atoms with Gasteiger partial charge in [0.15, 0.2) is 6.61 Å². The molecule has 1 aliphatic heterocycles. The number of ether oxygens (including phenoxy) is 2. The Balaban J connectivity index is 1.51. The van der Waals surface area contributed by atoms with E-state index in [-0.39, 0.29) is 18.4 Å². The Bertz CT molecular complexity index is 831. The lowest BCUT2D eigenvalue weighted by atomic mass is 10.1. The van der Waals surface area contributed by atoms with Gasteiger partial charge >= 0.3 is 0 Å². The quantitative estimate of drug-likeness (QED) is 0.603. The van der Waals surface area contributed by atoms with E-state index in [1.165, 1.54) is 0 Å². The highest BCUT2D eigenvalue weighted by Crippen LogP contribution is 2.13. The molecular weight excluding hydrogens is 360 g/mol. The van der Waals surface area contributed by atoms with Gasteiger partial charge in [-0.15, -0.1) is 0 Å². The molecule has 2 heterocycles. The third-order valence-electron chi connectivity index (χ3n) is 4.27. The number of aromatic nitrogens is 1. The van der Waals surface area contributed by atoms with E-state index in [1.807, 2.05) is 12.1 Å². The molecule has 2 amide bonds. The summed E-state index contributed by atoms with van der Waals surface area (Å²) in [5, 5.41) is 4.12. The van der Waals surface area contributed by atoms with Crippen molar-refractivity contribution in [3.8, 4) is 5.75 Å². The smallest absolute Gasteiger partial charge is 0.271 e. The molecule has 8 nitrogen and oxygen atoms in total. The minimum absolute atomic E-state index is 0.00555. The number of pyridine rings is 1. The third kappa shape index (κ3) is 5.37. The SMILES string of the molecule is C/C(=N/NC(=O)c1ccncc1)c1ccc(OCC(=O)N2CCOCC2)cc1. The third-order valence-corrected chi connectivity index (χ3v) is 4.27. The van der Waals surface area contributed by atoms with Crippen LogP contribution in [0, 0.1) is 0 Å². The number of morpholine rings is 1. The molecule has 0 saturated carbocycles. The summed E-state index contributed by atoms with van der Waals surface area (Å²) in [6.45, 7) is 4.12. The molecule has 0 aliphatic carbocycles. The number of hydrazone groups is 1. The first kappa shape index (κ1) is 19.5. The molecule has 0 radical (unpaired) electrons. The number of hydrogen-bond acceptors (Lipinski definition) is 6. The highest BCUT2D eigenvalue weighted by atomic mass is 16.5. The van der Waals surface area contributed by atoms with Crippen molar-refractivity contribution in [3.05, 3.63) is 59.9 Å². The van der Waals surface area contributed by atoms with Crippen molar-refractivity contribution in [2.75, 3.05) is 32.9 Å². The summed E-state index contributed by atoms with van der Waals surface area (Å²) in [6, 6.07) is 10.4. The minimum Gasteiger partial charge on any atom is -0.484 e. The Hall–Kier alpha value is -3.26. The molecule has 8 heteroatoms. The molecule has 1 aromatic carbocycles. The topological polar surface area (TPSA) is 93.1 Å². The molecule has 1 aromatic heterocycles. The Labute approximate surface area is 163 Å². The van der Waals surface area contributed by atoms with Gasteiger partial charge in [0.25, 0.3) is 11.8 Å². The van der Waals surface area contributed by atoms with Crippen LogP contribution in [0.5, 0.6) is 5.75 Å². The summed E-state index contributed by atoms with van der Waals surface area (Å²) < 4.78 is 10.8. The normalized spacial score (nSPS) is 14.5. The number of nitrogens with zero attached hydrogens (tertiary/aromatic N) is 3. The fraction of sp³-hybridized carbons (Fsp3) is 0.300. The van der Waals surface area contributed by atoms with Crippen molar-refractivity contribution in [1.29, 1.82) is 0 Å². The molecule has 28 heavy (non-hydrogen) atoms. The molecule has 1 saturated heterocycles. The largest absolute Gasteiger partial charge is 0.484 e. The van der Waals surface area contributed by atoms with E-state index in [4.69, 9.17) is 9.47 Å². The summed E-state index contributed by atoms with van der Waals surface area (Å²) in [5.74, 6) is 0.242. The summed E-state index contributed by atoms with van der Waals surface area (Å²) in [7, 11) is 0. The molecule has 2 aromatic rings. The number of carbonyl (C=O) groups is 2. The maximum atomic E-state index is 12.1. The second-order valence-corrected chi connectivity index (χ2v) is 6.18. The molecule has 0 atom stereocenters. The lowest BCUT2D eigenvalue weighted by Crippen LogP contribution is -2.42. The van der Waals surface area contributed by atoms with Gasteiger partial charge in [-0.05, 0) is 48.9 Å². The predicted octanol–water partition coefficient (Wildman–Crippen LogP) is 1.47. The van der Waals surface area contributed by atoms with Crippen molar-refractivity contribution >= 4 is 17.5 Å². The van der Waals surface area contributed by atoms with Crippen LogP contribution in [-0.4, -0.2) is 60.3 Å². The molecule has 3 rings (SSSR count). The number of carbonyl (C=O) groups excluding carboxylic acids is 2.